The van der Waals surface area contributed by atoms with Gasteiger partial charge in [0, 0.05) is 17.5 Å². The van der Waals surface area contributed by atoms with Gasteiger partial charge in [0.1, 0.15) is 0 Å². The minimum atomic E-state index is -0.151. The zero-order valence-electron chi connectivity index (χ0n) is 14.4. The van der Waals surface area contributed by atoms with Crippen molar-refractivity contribution in [3.05, 3.63) is 60.2 Å². The lowest BCUT2D eigenvalue weighted by Crippen LogP contribution is -2.15. The lowest BCUT2D eigenvalue weighted by molar-refractivity contribution is -0.116. The smallest absolute Gasteiger partial charge is 0.224 e. The highest BCUT2D eigenvalue weighted by Gasteiger charge is 2.10. The van der Waals surface area contributed by atoms with Crippen molar-refractivity contribution in [3.63, 3.8) is 0 Å². The summed E-state index contributed by atoms with van der Waals surface area (Å²) < 4.78 is 0. The van der Waals surface area contributed by atoms with Crippen molar-refractivity contribution in [2.75, 3.05) is 5.32 Å². The lowest BCUT2D eigenvalue weighted by Gasteiger charge is -2.08. The zero-order valence-corrected chi connectivity index (χ0v) is 14.4. The number of para-hydroxylation sites is 1. The van der Waals surface area contributed by atoms with Crippen LogP contribution in [0, 0.1) is 0 Å². The fourth-order valence-corrected chi connectivity index (χ4v) is 2.53. The zero-order chi connectivity index (χ0) is 18.4. The van der Waals surface area contributed by atoms with Crippen molar-refractivity contribution >= 4 is 17.4 Å². The van der Waals surface area contributed by atoms with Crippen LogP contribution in [-0.4, -0.2) is 31.9 Å². The van der Waals surface area contributed by atoms with Gasteiger partial charge in [-0.25, -0.2) is 0 Å². The van der Waals surface area contributed by atoms with Gasteiger partial charge >= 0.3 is 0 Å². The number of tetrazole rings is 1. The number of aryl methyl sites for hydroxylation is 1. The van der Waals surface area contributed by atoms with Gasteiger partial charge in [0.05, 0.1) is 12.2 Å². The number of Topliss-reactive ketones (excluding diaryl/α,β-unsaturated/α-hetero) is 1. The molecule has 0 saturated carbocycles. The monoisotopic (exact) mass is 349 g/mol. The molecule has 2 aromatic carbocycles. The number of carbonyl (C=O) groups is 2. The second-order valence-electron chi connectivity index (χ2n) is 5.83. The van der Waals surface area contributed by atoms with Crippen LogP contribution in [0.2, 0.25) is 0 Å². The molecule has 0 saturated heterocycles. The molecule has 0 aliphatic heterocycles. The van der Waals surface area contributed by atoms with E-state index in [2.05, 4.69) is 20.7 Å². The van der Waals surface area contributed by atoms with Crippen molar-refractivity contribution in [3.8, 4) is 11.4 Å². The number of benzene rings is 2. The summed E-state index contributed by atoms with van der Waals surface area (Å²) in [4.78, 5) is 25.2. The van der Waals surface area contributed by atoms with Gasteiger partial charge in [-0.15, -0.1) is 10.2 Å². The van der Waals surface area contributed by atoms with Gasteiger partial charge in [-0.1, -0.05) is 42.5 Å². The van der Waals surface area contributed by atoms with E-state index in [0.29, 0.717) is 36.5 Å². The van der Waals surface area contributed by atoms with Crippen LogP contribution in [0.3, 0.4) is 0 Å². The predicted octanol–water partition coefficient (Wildman–Crippen LogP) is 2.96. The van der Waals surface area contributed by atoms with Crippen LogP contribution in [0.25, 0.3) is 11.4 Å². The Labute approximate surface area is 151 Å². The van der Waals surface area contributed by atoms with E-state index in [4.69, 9.17) is 0 Å². The van der Waals surface area contributed by atoms with Gasteiger partial charge in [0.25, 0.3) is 0 Å². The number of carbonyl (C=O) groups excluding carboxylic acids is 2. The summed E-state index contributed by atoms with van der Waals surface area (Å²) in [6.07, 6.45) is 0.868. The molecule has 0 aliphatic carbocycles. The summed E-state index contributed by atoms with van der Waals surface area (Å²) in [6.45, 7) is 1.97. The molecule has 1 aromatic heterocycles. The maximum absolute atomic E-state index is 12.1. The van der Waals surface area contributed by atoms with Crippen LogP contribution in [0.5, 0.6) is 0 Å². The number of rotatable bonds is 7. The van der Waals surface area contributed by atoms with E-state index in [1.807, 2.05) is 30.3 Å². The first-order valence-electron chi connectivity index (χ1n) is 8.36. The van der Waals surface area contributed by atoms with Gasteiger partial charge in [-0.3, -0.25) is 9.59 Å². The minimum absolute atomic E-state index is 0.0823. The van der Waals surface area contributed by atoms with E-state index in [-0.39, 0.29) is 11.7 Å². The summed E-state index contributed by atoms with van der Waals surface area (Å²) in [5.74, 6) is 0.327. The number of hydrogen-bond donors (Lipinski definition) is 1. The van der Waals surface area contributed by atoms with Crippen molar-refractivity contribution in [1.82, 2.24) is 20.2 Å². The van der Waals surface area contributed by atoms with Crippen molar-refractivity contribution in [2.24, 2.45) is 0 Å². The second kappa shape index (κ2) is 8.15. The highest BCUT2D eigenvalue weighted by molar-refractivity contribution is 6.03. The Kier molecular flexibility index (Phi) is 5.48. The highest BCUT2D eigenvalue weighted by atomic mass is 16.1. The Morgan fingerprint density at radius 1 is 1.04 bits per heavy atom. The normalized spacial score (nSPS) is 10.5. The molecule has 0 bridgehead atoms. The SMILES string of the molecule is CC(=O)c1ccccc1NC(=O)CCCn1nnc(-c2ccccc2)n1. The summed E-state index contributed by atoms with van der Waals surface area (Å²) in [7, 11) is 0. The van der Waals surface area contributed by atoms with Crippen LogP contribution in [0.1, 0.15) is 30.1 Å². The van der Waals surface area contributed by atoms with Gasteiger partial charge in [-0.2, -0.15) is 4.80 Å². The Morgan fingerprint density at radius 3 is 2.54 bits per heavy atom. The summed E-state index contributed by atoms with van der Waals surface area (Å²) in [5.41, 5.74) is 1.94. The van der Waals surface area contributed by atoms with Crippen LogP contribution in [0.4, 0.5) is 5.69 Å². The van der Waals surface area contributed by atoms with E-state index in [0.717, 1.165) is 5.56 Å². The molecule has 1 heterocycles. The Morgan fingerprint density at radius 2 is 1.77 bits per heavy atom. The third-order valence-electron chi connectivity index (χ3n) is 3.83. The first-order chi connectivity index (χ1) is 12.6. The van der Waals surface area contributed by atoms with Crippen molar-refractivity contribution in [2.45, 2.75) is 26.3 Å². The van der Waals surface area contributed by atoms with E-state index in [1.54, 1.807) is 24.3 Å². The third-order valence-corrected chi connectivity index (χ3v) is 3.83. The molecule has 3 aromatic rings. The van der Waals surface area contributed by atoms with Crippen LogP contribution in [0.15, 0.2) is 54.6 Å². The number of hydrogen-bond acceptors (Lipinski definition) is 5. The van der Waals surface area contributed by atoms with E-state index >= 15 is 0 Å². The van der Waals surface area contributed by atoms with E-state index in [1.165, 1.54) is 11.7 Å². The van der Waals surface area contributed by atoms with Crippen LogP contribution >= 0.6 is 0 Å². The molecule has 7 heteroatoms. The molecule has 1 amide bonds. The molecule has 0 atom stereocenters. The molecule has 0 fully saturated rings. The maximum atomic E-state index is 12.1. The Hall–Kier alpha value is -3.35. The quantitative estimate of drug-likeness (QED) is 0.662. The molecule has 26 heavy (non-hydrogen) atoms. The molecule has 7 nitrogen and oxygen atoms in total. The number of ketones is 1. The minimum Gasteiger partial charge on any atom is -0.325 e. The first-order valence-corrected chi connectivity index (χ1v) is 8.36. The molecule has 1 N–H and O–H groups in total. The summed E-state index contributed by atoms with van der Waals surface area (Å²) >= 11 is 0. The largest absolute Gasteiger partial charge is 0.325 e. The topological polar surface area (TPSA) is 89.8 Å². The molecular formula is C19H19N5O2. The van der Waals surface area contributed by atoms with Crippen LogP contribution in [-0.2, 0) is 11.3 Å². The van der Waals surface area contributed by atoms with E-state index in [9.17, 15) is 9.59 Å². The third kappa shape index (κ3) is 4.38. The van der Waals surface area contributed by atoms with Gasteiger partial charge in [-0.05, 0) is 30.7 Å². The summed E-state index contributed by atoms with van der Waals surface area (Å²) in [6, 6.07) is 16.6. The molecular weight excluding hydrogens is 330 g/mol. The molecule has 3 rings (SSSR count). The van der Waals surface area contributed by atoms with Gasteiger partial charge in [0.2, 0.25) is 11.7 Å². The number of anilines is 1. The first kappa shape index (κ1) is 17.5. The number of amides is 1. The highest BCUT2D eigenvalue weighted by Crippen LogP contribution is 2.16. The standard InChI is InChI=1S/C19H19N5O2/c1-14(25)16-10-5-6-11-17(16)20-18(26)12-7-13-24-22-19(21-23-24)15-8-3-2-4-9-15/h2-6,8-11H,7,12-13H2,1H3,(H,20,26). The van der Waals surface area contributed by atoms with Crippen molar-refractivity contribution < 1.29 is 9.59 Å². The van der Waals surface area contributed by atoms with Gasteiger partial charge < -0.3 is 5.32 Å². The molecule has 0 spiro atoms. The number of aromatic nitrogens is 4. The second-order valence-corrected chi connectivity index (χ2v) is 5.83. The fourth-order valence-electron chi connectivity index (χ4n) is 2.53. The maximum Gasteiger partial charge on any atom is 0.224 e. The Bertz CT molecular complexity index is 905. The number of nitrogens with zero attached hydrogens (tertiary/aromatic N) is 4. The molecule has 132 valence electrons. The van der Waals surface area contributed by atoms with E-state index < -0.39 is 0 Å². The number of nitrogens with one attached hydrogen (secondary N) is 1. The summed E-state index contributed by atoms with van der Waals surface area (Å²) in [5, 5.41) is 15.1. The fraction of sp³-hybridized carbons (Fsp3) is 0.211. The molecule has 0 aliphatic rings. The average Bonchev–Trinajstić information content (AvgIpc) is 3.11. The van der Waals surface area contributed by atoms with Gasteiger partial charge in [0.15, 0.2) is 5.78 Å². The van der Waals surface area contributed by atoms with Crippen molar-refractivity contribution in [1.29, 1.82) is 0 Å². The lowest BCUT2D eigenvalue weighted by atomic mass is 10.1. The molecule has 0 unspecified atom stereocenters. The molecule has 0 radical (unpaired) electrons. The average molecular weight is 349 g/mol. The van der Waals surface area contributed by atoms with Crippen LogP contribution < -0.4 is 5.32 Å². The predicted molar refractivity (Wildman–Crippen MR) is 97.6 cm³/mol. The Balaban J connectivity index is 1.52.